The first-order chi connectivity index (χ1) is 11.5. The quantitative estimate of drug-likeness (QED) is 0.759. The SMILES string of the molecule is COCCNC(=O)c1sc(=O)n(Cc2cc(Cl)ccc2OC)c1C. The van der Waals surface area contributed by atoms with Gasteiger partial charge in [0.25, 0.3) is 5.91 Å². The highest BCUT2D eigenvalue weighted by molar-refractivity contribution is 7.11. The summed E-state index contributed by atoms with van der Waals surface area (Å²) in [5, 5.41) is 3.28. The Morgan fingerprint density at radius 1 is 1.38 bits per heavy atom. The minimum atomic E-state index is -0.275. The summed E-state index contributed by atoms with van der Waals surface area (Å²) in [6, 6.07) is 5.23. The lowest BCUT2D eigenvalue weighted by Gasteiger charge is -2.11. The van der Waals surface area contributed by atoms with Gasteiger partial charge in [-0.2, -0.15) is 0 Å². The number of ether oxygens (including phenoxy) is 2. The lowest BCUT2D eigenvalue weighted by Crippen LogP contribution is -2.27. The summed E-state index contributed by atoms with van der Waals surface area (Å²) >= 11 is 6.95. The highest BCUT2D eigenvalue weighted by Crippen LogP contribution is 2.24. The van der Waals surface area contributed by atoms with Crippen molar-refractivity contribution in [1.29, 1.82) is 0 Å². The van der Waals surface area contributed by atoms with Crippen LogP contribution in [0.3, 0.4) is 0 Å². The van der Waals surface area contributed by atoms with E-state index < -0.39 is 0 Å². The Bertz CT molecular complexity index is 785. The molecule has 0 aliphatic carbocycles. The average molecular weight is 371 g/mol. The molecular formula is C16H19ClN2O4S. The molecule has 2 rings (SSSR count). The Labute approximate surface area is 149 Å². The Morgan fingerprint density at radius 3 is 2.79 bits per heavy atom. The largest absolute Gasteiger partial charge is 0.496 e. The molecule has 1 N–H and O–H groups in total. The fourth-order valence-electron chi connectivity index (χ4n) is 2.26. The number of carbonyl (C=O) groups excluding carboxylic acids is 1. The highest BCUT2D eigenvalue weighted by Gasteiger charge is 2.18. The maximum atomic E-state index is 12.3. The minimum absolute atomic E-state index is 0.202. The molecule has 0 saturated carbocycles. The number of benzene rings is 1. The first-order valence-electron chi connectivity index (χ1n) is 7.27. The van der Waals surface area contributed by atoms with Gasteiger partial charge < -0.3 is 14.8 Å². The normalized spacial score (nSPS) is 10.7. The van der Waals surface area contributed by atoms with Crippen LogP contribution in [0.5, 0.6) is 5.75 Å². The molecule has 1 amide bonds. The second-order valence-electron chi connectivity index (χ2n) is 5.07. The Morgan fingerprint density at radius 2 is 2.12 bits per heavy atom. The van der Waals surface area contributed by atoms with Crippen LogP contribution in [0.1, 0.15) is 20.9 Å². The van der Waals surface area contributed by atoms with Crippen molar-refractivity contribution in [2.45, 2.75) is 13.5 Å². The van der Waals surface area contributed by atoms with Crippen LogP contribution >= 0.6 is 22.9 Å². The summed E-state index contributed by atoms with van der Waals surface area (Å²) in [5.74, 6) is 0.367. The van der Waals surface area contributed by atoms with Crippen molar-refractivity contribution in [2.24, 2.45) is 0 Å². The van der Waals surface area contributed by atoms with Crippen LogP contribution in [0.4, 0.5) is 0 Å². The number of rotatable bonds is 7. The fraction of sp³-hybridized carbons (Fsp3) is 0.375. The van der Waals surface area contributed by atoms with E-state index in [0.717, 1.165) is 16.9 Å². The van der Waals surface area contributed by atoms with Crippen LogP contribution in [0, 0.1) is 6.92 Å². The molecule has 0 atom stereocenters. The van der Waals surface area contributed by atoms with Crippen molar-refractivity contribution in [2.75, 3.05) is 27.4 Å². The molecule has 0 bridgehead atoms. The van der Waals surface area contributed by atoms with Gasteiger partial charge in [-0.25, -0.2) is 0 Å². The van der Waals surface area contributed by atoms with Gasteiger partial charge in [-0.1, -0.05) is 22.9 Å². The molecule has 0 spiro atoms. The molecule has 1 heterocycles. The van der Waals surface area contributed by atoms with Crippen molar-refractivity contribution in [3.8, 4) is 5.75 Å². The molecule has 24 heavy (non-hydrogen) atoms. The van der Waals surface area contributed by atoms with E-state index in [0.29, 0.717) is 34.5 Å². The van der Waals surface area contributed by atoms with E-state index in [1.165, 1.54) is 0 Å². The minimum Gasteiger partial charge on any atom is -0.496 e. The summed E-state index contributed by atoms with van der Waals surface area (Å²) in [6.45, 7) is 2.85. The number of hydrogen-bond acceptors (Lipinski definition) is 5. The van der Waals surface area contributed by atoms with Gasteiger partial charge >= 0.3 is 4.87 Å². The number of carbonyl (C=O) groups is 1. The predicted octanol–water partition coefficient (Wildman–Crippen LogP) is 2.30. The van der Waals surface area contributed by atoms with Gasteiger partial charge in [-0.15, -0.1) is 0 Å². The van der Waals surface area contributed by atoms with Gasteiger partial charge in [0, 0.05) is 29.9 Å². The Hall–Kier alpha value is -1.83. The van der Waals surface area contributed by atoms with Gasteiger partial charge in [0.2, 0.25) is 0 Å². The average Bonchev–Trinajstić information content (AvgIpc) is 2.83. The number of methoxy groups -OCH3 is 2. The van der Waals surface area contributed by atoms with Gasteiger partial charge in [0.1, 0.15) is 10.6 Å². The third kappa shape index (κ3) is 4.17. The van der Waals surface area contributed by atoms with E-state index in [4.69, 9.17) is 21.1 Å². The monoisotopic (exact) mass is 370 g/mol. The van der Waals surface area contributed by atoms with Crippen LogP contribution in [-0.2, 0) is 11.3 Å². The summed E-state index contributed by atoms with van der Waals surface area (Å²) < 4.78 is 11.8. The van der Waals surface area contributed by atoms with Crippen LogP contribution < -0.4 is 14.9 Å². The second kappa shape index (κ2) is 8.32. The van der Waals surface area contributed by atoms with Crippen LogP contribution in [-0.4, -0.2) is 37.8 Å². The van der Waals surface area contributed by atoms with Gasteiger partial charge in [0.05, 0.1) is 20.3 Å². The number of thiazole rings is 1. The van der Waals surface area contributed by atoms with Crippen LogP contribution in [0.15, 0.2) is 23.0 Å². The number of halogens is 1. The molecule has 8 heteroatoms. The van der Waals surface area contributed by atoms with Gasteiger partial charge in [-0.05, 0) is 25.1 Å². The van der Waals surface area contributed by atoms with E-state index in [1.807, 2.05) is 0 Å². The molecule has 0 saturated heterocycles. The molecule has 6 nitrogen and oxygen atoms in total. The van der Waals surface area contributed by atoms with Crippen LogP contribution in [0.2, 0.25) is 5.02 Å². The number of nitrogens with zero attached hydrogens (tertiary/aromatic N) is 1. The molecule has 0 fully saturated rings. The van der Waals surface area contributed by atoms with Crippen LogP contribution in [0.25, 0.3) is 0 Å². The van der Waals surface area contributed by atoms with E-state index in [1.54, 1.807) is 43.9 Å². The summed E-state index contributed by atoms with van der Waals surface area (Å²) in [7, 11) is 3.12. The molecule has 1 aromatic heterocycles. The topological polar surface area (TPSA) is 69.6 Å². The molecule has 0 unspecified atom stereocenters. The van der Waals surface area contributed by atoms with Crippen molar-refractivity contribution in [1.82, 2.24) is 9.88 Å². The van der Waals surface area contributed by atoms with Crippen molar-refractivity contribution in [3.05, 3.63) is 49.0 Å². The molecule has 1 aromatic carbocycles. The summed E-state index contributed by atoms with van der Waals surface area (Å²) in [6.07, 6.45) is 0. The molecule has 0 aliphatic heterocycles. The standard InChI is InChI=1S/C16H19ClN2O4S/c1-10-14(15(20)18-6-7-22-2)24-16(21)19(10)9-11-8-12(17)4-5-13(11)23-3/h4-5,8H,6-7,9H2,1-3H3,(H,18,20). The molecule has 0 radical (unpaired) electrons. The number of hydrogen-bond donors (Lipinski definition) is 1. The lowest BCUT2D eigenvalue weighted by molar-refractivity contribution is 0.0940. The van der Waals surface area contributed by atoms with E-state index in [-0.39, 0.29) is 17.3 Å². The Balaban J connectivity index is 2.28. The number of amides is 1. The van der Waals surface area contributed by atoms with Gasteiger partial charge in [-0.3, -0.25) is 14.2 Å². The van der Waals surface area contributed by atoms with Crippen molar-refractivity contribution < 1.29 is 14.3 Å². The third-order valence-electron chi connectivity index (χ3n) is 3.51. The molecular weight excluding hydrogens is 352 g/mol. The second-order valence-corrected chi connectivity index (χ2v) is 6.47. The zero-order valence-electron chi connectivity index (χ0n) is 13.7. The van der Waals surface area contributed by atoms with E-state index in [9.17, 15) is 9.59 Å². The maximum absolute atomic E-state index is 12.3. The van der Waals surface area contributed by atoms with Crippen molar-refractivity contribution >= 4 is 28.8 Å². The number of aromatic nitrogens is 1. The van der Waals surface area contributed by atoms with E-state index in [2.05, 4.69) is 5.32 Å². The van der Waals surface area contributed by atoms with Crippen molar-refractivity contribution in [3.63, 3.8) is 0 Å². The Kier molecular flexibility index (Phi) is 6.42. The molecule has 130 valence electrons. The predicted molar refractivity (Wildman–Crippen MR) is 94.6 cm³/mol. The summed E-state index contributed by atoms with van der Waals surface area (Å²) in [4.78, 5) is 24.7. The van der Waals surface area contributed by atoms with E-state index >= 15 is 0 Å². The highest BCUT2D eigenvalue weighted by atomic mass is 35.5. The zero-order valence-corrected chi connectivity index (χ0v) is 15.3. The van der Waals surface area contributed by atoms with Gasteiger partial charge in [0.15, 0.2) is 0 Å². The lowest BCUT2D eigenvalue weighted by atomic mass is 10.2. The first-order valence-corrected chi connectivity index (χ1v) is 8.47. The fourth-order valence-corrected chi connectivity index (χ4v) is 3.36. The smallest absolute Gasteiger partial charge is 0.308 e. The molecule has 0 aliphatic rings. The maximum Gasteiger partial charge on any atom is 0.308 e. The third-order valence-corrected chi connectivity index (χ3v) is 4.83. The number of nitrogens with one attached hydrogen (secondary N) is 1. The first kappa shape index (κ1) is 18.5. The summed E-state index contributed by atoms with van der Waals surface area (Å²) in [5.41, 5.74) is 1.39. The molecule has 2 aromatic rings. The zero-order chi connectivity index (χ0) is 17.7.